The van der Waals surface area contributed by atoms with Gasteiger partial charge in [-0.05, 0) is 12.8 Å². The standard InChI is InChI=1S/C14H25N3O3/c1-20-14-16-12(15)11-13(19)17(14)9-7-5-3-2-4-6-8-10-18/h11,18H,2-10,15H2,1H3. The molecule has 0 saturated heterocycles. The van der Waals surface area contributed by atoms with Gasteiger partial charge in [0.25, 0.3) is 5.56 Å². The van der Waals surface area contributed by atoms with Crippen LogP contribution in [-0.4, -0.2) is 28.4 Å². The van der Waals surface area contributed by atoms with Crippen molar-refractivity contribution < 1.29 is 9.84 Å². The fraction of sp³-hybridized carbons (Fsp3) is 0.714. The Balaban J connectivity index is 2.30. The van der Waals surface area contributed by atoms with Crippen LogP contribution in [0, 0.1) is 0 Å². The molecule has 6 heteroatoms. The fourth-order valence-electron chi connectivity index (χ4n) is 2.13. The molecule has 0 aliphatic carbocycles. The summed E-state index contributed by atoms with van der Waals surface area (Å²) < 4.78 is 6.59. The lowest BCUT2D eigenvalue weighted by molar-refractivity contribution is 0.282. The van der Waals surface area contributed by atoms with Crippen molar-refractivity contribution in [2.75, 3.05) is 19.5 Å². The average Bonchev–Trinajstić information content (AvgIpc) is 2.43. The third-order valence-electron chi connectivity index (χ3n) is 3.22. The lowest BCUT2D eigenvalue weighted by Gasteiger charge is -2.10. The molecule has 1 aromatic rings. The molecular weight excluding hydrogens is 258 g/mol. The van der Waals surface area contributed by atoms with E-state index in [1.165, 1.54) is 24.2 Å². The molecule has 1 heterocycles. The van der Waals surface area contributed by atoms with Crippen molar-refractivity contribution in [3.05, 3.63) is 16.4 Å². The van der Waals surface area contributed by atoms with E-state index in [0.717, 1.165) is 38.5 Å². The van der Waals surface area contributed by atoms with Crippen LogP contribution in [0.4, 0.5) is 5.82 Å². The van der Waals surface area contributed by atoms with Gasteiger partial charge in [-0.15, -0.1) is 0 Å². The van der Waals surface area contributed by atoms with Gasteiger partial charge in [0.05, 0.1) is 7.11 Å². The van der Waals surface area contributed by atoms with Crippen molar-refractivity contribution in [3.8, 4) is 6.01 Å². The van der Waals surface area contributed by atoms with Crippen LogP contribution < -0.4 is 16.0 Å². The minimum atomic E-state index is -0.169. The quantitative estimate of drug-likeness (QED) is 0.636. The molecule has 0 bridgehead atoms. The van der Waals surface area contributed by atoms with Gasteiger partial charge in [0.1, 0.15) is 5.82 Å². The lowest BCUT2D eigenvalue weighted by Crippen LogP contribution is -2.23. The topological polar surface area (TPSA) is 90.4 Å². The lowest BCUT2D eigenvalue weighted by atomic mass is 10.1. The van der Waals surface area contributed by atoms with Crippen LogP contribution in [0.5, 0.6) is 6.01 Å². The predicted octanol–water partition coefficient (Wildman–Crippen LogP) is 1.56. The van der Waals surface area contributed by atoms with Gasteiger partial charge in [-0.1, -0.05) is 32.1 Å². The number of anilines is 1. The van der Waals surface area contributed by atoms with E-state index in [4.69, 9.17) is 15.6 Å². The van der Waals surface area contributed by atoms with E-state index in [-0.39, 0.29) is 24.0 Å². The van der Waals surface area contributed by atoms with Gasteiger partial charge in [-0.3, -0.25) is 9.36 Å². The van der Waals surface area contributed by atoms with E-state index >= 15 is 0 Å². The first kappa shape index (κ1) is 16.5. The first-order chi connectivity index (χ1) is 9.69. The van der Waals surface area contributed by atoms with Gasteiger partial charge in [-0.2, -0.15) is 4.98 Å². The summed E-state index contributed by atoms with van der Waals surface area (Å²) in [6.07, 6.45) is 7.44. The first-order valence-corrected chi connectivity index (χ1v) is 7.21. The number of ether oxygens (including phenoxy) is 1. The summed E-state index contributed by atoms with van der Waals surface area (Å²) in [5, 5.41) is 8.67. The van der Waals surface area contributed by atoms with Crippen LogP contribution in [0.1, 0.15) is 44.9 Å². The smallest absolute Gasteiger partial charge is 0.300 e. The first-order valence-electron chi connectivity index (χ1n) is 7.21. The van der Waals surface area contributed by atoms with E-state index < -0.39 is 0 Å². The van der Waals surface area contributed by atoms with Crippen molar-refractivity contribution in [2.24, 2.45) is 0 Å². The molecule has 0 aromatic carbocycles. The van der Waals surface area contributed by atoms with Gasteiger partial charge in [0.2, 0.25) is 0 Å². The highest BCUT2D eigenvalue weighted by atomic mass is 16.5. The number of hydrogen-bond acceptors (Lipinski definition) is 5. The van der Waals surface area contributed by atoms with Gasteiger partial charge in [0.15, 0.2) is 0 Å². The molecule has 0 fully saturated rings. The predicted molar refractivity (Wildman–Crippen MR) is 78.9 cm³/mol. The summed E-state index contributed by atoms with van der Waals surface area (Å²) in [7, 11) is 1.48. The Kier molecular flexibility index (Phi) is 7.72. The maximum Gasteiger partial charge on any atom is 0.300 e. The van der Waals surface area contributed by atoms with Crippen LogP contribution >= 0.6 is 0 Å². The molecule has 0 saturated carbocycles. The van der Waals surface area contributed by atoms with Crippen molar-refractivity contribution >= 4 is 5.82 Å². The zero-order valence-corrected chi connectivity index (χ0v) is 12.2. The monoisotopic (exact) mass is 283 g/mol. The third kappa shape index (κ3) is 5.61. The summed E-state index contributed by atoms with van der Waals surface area (Å²) in [6.45, 7) is 0.888. The van der Waals surface area contributed by atoms with Gasteiger partial charge in [-0.25, -0.2) is 0 Å². The number of aliphatic hydroxyl groups is 1. The van der Waals surface area contributed by atoms with Crippen LogP contribution in [0.3, 0.4) is 0 Å². The number of methoxy groups -OCH3 is 1. The summed E-state index contributed by atoms with van der Waals surface area (Å²) >= 11 is 0. The van der Waals surface area contributed by atoms with E-state index in [1.54, 1.807) is 0 Å². The molecule has 0 radical (unpaired) electrons. The maximum absolute atomic E-state index is 11.8. The highest BCUT2D eigenvalue weighted by Crippen LogP contribution is 2.10. The van der Waals surface area contributed by atoms with Crippen LogP contribution in [0.2, 0.25) is 0 Å². The van der Waals surface area contributed by atoms with Crippen LogP contribution in [0.25, 0.3) is 0 Å². The Labute approximate surface area is 119 Å². The fourth-order valence-corrected chi connectivity index (χ4v) is 2.13. The second kappa shape index (κ2) is 9.36. The molecule has 0 unspecified atom stereocenters. The highest BCUT2D eigenvalue weighted by Gasteiger charge is 2.07. The third-order valence-corrected chi connectivity index (χ3v) is 3.22. The van der Waals surface area contributed by atoms with Crippen LogP contribution in [0.15, 0.2) is 10.9 Å². The molecule has 3 N–H and O–H groups in total. The van der Waals surface area contributed by atoms with Crippen molar-refractivity contribution in [1.82, 2.24) is 9.55 Å². The molecule has 0 amide bonds. The molecule has 114 valence electrons. The van der Waals surface area contributed by atoms with Crippen molar-refractivity contribution in [2.45, 2.75) is 51.5 Å². The van der Waals surface area contributed by atoms with Gasteiger partial charge < -0.3 is 15.6 Å². The average molecular weight is 283 g/mol. The molecule has 1 rings (SSSR count). The second-order valence-electron chi connectivity index (χ2n) is 4.86. The zero-order valence-electron chi connectivity index (χ0n) is 12.2. The number of nitrogens with two attached hydrogens (primary N) is 1. The number of hydrogen-bond donors (Lipinski definition) is 2. The number of unbranched alkanes of at least 4 members (excludes halogenated alkanes) is 6. The Hall–Kier alpha value is -1.56. The highest BCUT2D eigenvalue weighted by molar-refractivity contribution is 5.27. The van der Waals surface area contributed by atoms with Crippen LogP contribution in [-0.2, 0) is 6.54 Å². The van der Waals surface area contributed by atoms with Crippen molar-refractivity contribution in [1.29, 1.82) is 0 Å². The van der Waals surface area contributed by atoms with E-state index in [9.17, 15) is 4.79 Å². The number of aromatic nitrogens is 2. The minimum absolute atomic E-state index is 0.169. The van der Waals surface area contributed by atoms with E-state index in [1.807, 2.05) is 0 Å². The molecule has 1 aromatic heterocycles. The Morgan fingerprint density at radius 3 is 2.40 bits per heavy atom. The SMILES string of the molecule is COc1nc(N)cc(=O)n1CCCCCCCCCO. The largest absolute Gasteiger partial charge is 0.468 e. The molecule has 6 nitrogen and oxygen atoms in total. The Morgan fingerprint density at radius 2 is 1.80 bits per heavy atom. The van der Waals surface area contributed by atoms with Crippen molar-refractivity contribution in [3.63, 3.8) is 0 Å². The molecule has 0 aliphatic rings. The van der Waals surface area contributed by atoms with E-state index in [0.29, 0.717) is 6.54 Å². The summed E-state index contributed by atoms with van der Waals surface area (Å²) in [5.74, 6) is 0.187. The molecule has 0 aliphatic heterocycles. The molecular formula is C14H25N3O3. The molecule has 20 heavy (non-hydrogen) atoms. The molecule has 0 atom stereocenters. The minimum Gasteiger partial charge on any atom is -0.468 e. The Morgan fingerprint density at radius 1 is 1.20 bits per heavy atom. The number of nitrogens with zero attached hydrogens (tertiary/aromatic N) is 2. The number of aliphatic hydroxyl groups excluding tert-OH is 1. The molecule has 0 spiro atoms. The zero-order chi connectivity index (χ0) is 14.8. The number of nitrogen functional groups attached to an aromatic ring is 1. The second-order valence-corrected chi connectivity index (χ2v) is 4.86. The summed E-state index contributed by atoms with van der Waals surface area (Å²) in [5.41, 5.74) is 5.35. The van der Waals surface area contributed by atoms with E-state index in [2.05, 4.69) is 4.98 Å². The number of rotatable bonds is 10. The summed E-state index contributed by atoms with van der Waals surface area (Å²) in [4.78, 5) is 15.8. The van der Waals surface area contributed by atoms with Gasteiger partial charge in [0, 0.05) is 19.2 Å². The maximum atomic E-state index is 11.8. The summed E-state index contributed by atoms with van der Waals surface area (Å²) in [6, 6.07) is 1.59. The Bertz CT molecular complexity index is 446. The van der Waals surface area contributed by atoms with Gasteiger partial charge >= 0.3 is 6.01 Å². The normalized spacial score (nSPS) is 10.7.